The number of aromatic nitrogens is 1. The minimum Gasteiger partial charge on any atom is -0.465 e. The van der Waals surface area contributed by atoms with E-state index in [4.69, 9.17) is 5.11 Å². The summed E-state index contributed by atoms with van der Waals surface area (Å²) >= 11 is 3.32. The molecular weight excluding hydrogens is 274 g/mol. The van der Waals surface area contributed by atoms with Crippen molar-refractivity contribution < 1.29 is 9.90 Å². The molecule has 0 saturated carbocycles. The van der Waals surface area contributed by atoms with Gasteiger partial charge in [0.05, 0.1) is 6.04 Å². The summed E-state index contributed by atoms with van der Waals surface area (Å²) in [6, 6.07) is 5.71. The Balaban J connectivity index is 2.00. The number of nitrogens with zero attached hydrogens (tertiary/aromatic N) is 2. The Bertz CT molecular complexity index is 399. The highest BCUT2D eigenvalue weighted by Crippen LogP contribution is 2.19. The van der Waals surface area contributed by atoms with Gasteiger partial charge in [-0.25, -0.2) is 9.78 Å². The molecule has 6 heteroatoms. The molecule has 86 valence electrons. The van der Waals surface area contributed by atoms with Crippen molar-refractivity contribution in [3.8, 4) is 0 Å². The number of rotatable bonds is 2. The summed E-state index contributed by atoms with van der Waals surface area (Å²) in [5.74, 6) is 0.879. The molecule has 0 unspecified atom stereocenters. The number of hydrogen-bond donors (Lipinski definition) is 2. The van der Waals surface area contributed by atoms with Gasteiger partial charge in [0.2, 0.25) is 0 Å². The van der Waals surface area contributed by atoms with Gasteiger partial charge in [-0.2, -0.15) is 0 Å². The molecule has 1 atom stereocenters. The lowest BCUT2D eigenvalue weighted by molar-refractivity contribution is 0.191. The highest BCUT2D eigenvalue weighted by Gasteiger charge is 2.24. The van der Waals surface area contributed by atoms with Gasteiger partial charge >= 0.3 is 6.09 Å². The van der Waals surface area contributed by atoms with E-state index >= 15 is 0 Å². The van der Waals surface area contributed by atoms with Crippen LogP contribution < -0.4 is 10.2 Å². The summed E-state index contributed by atoms with van der Waals surface area (Å²) < 4.78 is 0.791. The van der Waals surface area contributed by atoms with Crippen molar-refractivity contribution in [2.45, 2.75) is 12.5 Å². The summed E-state index contributed by atoms with van der Waals surface area (Å²) in [6.07, 6.45) is -0.144. The number of halogens is 1. The Kier molecular flexibility index (Phi) is 3.28. The van der Waals surface area contributed by atoms with Crippen LogP contribution in [0.1, 0.15) is 6.42 Å². The average Bonchev–Trinajstić information content (AvgIpc) is 2.65. The van der Waals surface area contributed by atoms with Crippen molar-refractivity contribution in [1.29, 1.82) is 0 Å². The number of nitrogens with one attached hydrogen (secondary N) is 1. The monoisotopic (exact) mass is 285 g/mol. The molecule has 0 aromatic carbocycles. The third-order valence-electron chi connectivity index (χ3n) is 2.54. The fourth-order valence-corrected chi connectivity index (χ4v) is 2.17. The molecule has 0 spiro atoms. The van der Waals surface area contributed by atoms with Crippen LogP contribution in [0, 0.1) is 0 Å². The van der Waals surface area contributed by atoms with Crippen LogP contribution in [0.3, 0.4) is 0 Å². The van der Waals surface area contributed by atoms with Crippen molar-refractivity contribution in [2.75, 3.05) is 18.0 Å². The third-order valence-corrected chi connectivity index (χ3v) is 2.98. The van der Waals surface area contributed by atoms with E-state index in [1.807, 2.05) is 18.2 Å². The van der Waals surface area contributed by atoms with Gasteiger partial charge in [-0.05, 0) is 34.5 Å². The first-order valence-corrected chi connectivity index (χ1v) is 5.81. The van der Waals surface area contributed by atoms with Gasteiger partial charge in [-0.1, -0.05) is 6.07 Å². The van der Waals surface area contributed by atoms with Crippen LogP contribution in [-0.2, 0) is 0 Å². The van der Waals surface area contributed by atoms with E-state index in [-0.39, 0.29) is 6.04 Å². The predicted octanol–water partition coefficient (Wildman–Crippen LogP) is 1.69. The fraction of sp³-hybridized carbons (Fsp3) is 0.400. The first-order valence-electron chi connectivity index (χ1n) is 5.02. The summed E-state index contributed by atoms with van der Waals surface area (Å²) in [5, 5.41) is 11.1. The number of amides is 1. The van der Waals surface area contributed by atoms with Gasteiger partial charge in [-0.3, -0.25) is 0 Å². The maximum absolute atomic E-state index is 10.5. The van der Waals surface area contributed by atoms with Crippen molar-refractivity contribution in [2.24, 2.45) is 0 Å². The second-order valence-electron chi connectivity index (χ2n) is 3.70. The first-order chi connectivity index (χ1) is 7.65. The zero-order chi connectivity index (χ0) is 11.5. The van der Waals surface area contributed by atoms with Crippen molar-refractivity contribution in [1.82, 2.24) is 10.3 Å². The maximum atomic E-state index is 10.5. The molecule has 2 heterocycles. The Morgan fingerprint density at radius 1 is 1.62 bits per heavy atom. The fourth-order valence-electron chi connectivity index (χ4n) is 1.83. The Morgan fingerprint density at radius 3 is 3.12 bits per heavy atom. The normalized spacial score (nSPS) is 19.8. The minimum absolute atomic E-state index is 0.00159. The SMILES string of the molecule is O=C(O)N[C@H]1CCN(c2cccc(Br)n2)C1. The number of pyridine rings is 1. The van der Waals surface area contributed by atoms with Crippen LogP contribution in [0.4, 0.5) is 10.6 Å². The zero-order valence-electron chi connectivity index (χ0n) is 8.56. The summed E-state index contributed by atoms with van der Waals surface area (Å²) in [6.45, 7) is 1.50. The van der Waals surface area contributed by atoms with Gasteiger partial charge in [0, 0.05) is 13.1 Å². The van der Waals surface area contributed by atoms with E-state index in [9.17, 15) is 4.79 Å². The average molecular weight is 286 g/mol. The van der Waals surface area contributed by atoms with E-state index < -0.39 is 6.09 Å². The van der Waals surface area contributed by atoms with Crippen molar-refractivity contribution in [3.63, 3.8) is 0 Å². The number of hydrogen-bond acceptors (Lipinski definition) is 3. The maximum Gasteiger partial charge on any atom is 0.404 e. The molecule has 0 radical (unpaired) electrons. The molecule has 2 N–H and O–H groups in total. The summed E-state index contributed by atoms with van der Waals surface area (Å²) in [7, 11) is 0. The van der Waals surface area contributed by atoms with E-state index in [2.05, 4.69) is 31.1 Å². The molecule has 5 nitrogen and oxygen atoms in total. The molecule has 0 aliphatic carbocycles. The molecule has 1 aromatic heterocycles. The Morgan fingerprint density at radius 2 is 2.44 bits per heavy atom. The highest BCUT2D eigenvalue weighted by molar-refractivity contribution is 9.10. The molecule has 1 aliphatic rings. The van der Waals surface area contributed by atoms with Gasteiger partial charge in [0.25, 0.3) is 0 Å². The number of carbonyl (C=O) groups is 1. The van der Waals surface area contributed by atoms with Gasteiger partial charge in [0.1, 0.15) is 10.4 Å². The van der Waals surface area contributed by atoms with Crippen LogP contribution >= 0.6 is 15.9 Å². The van der Waals surface area contributed by atoms with Gasteiger partial charge < -0.3 is 15.3 Å². The zero-order valence-corrected chi connectivity index (χ0v) is 10.1. The molecule has 2 rings (SSSR count). The van der Waals surface area contributed by atoms with Crippen LogP contribution in [0.2, 0.25) is 0 Å². The topological polar surface area (TPSA) is 65.5 Å². The highest BCUT2D eigenvalue weighted by atomic mass is 79.9. The van der Waals surface area contributed by atoms with E-state index in [1.165, 1.54) is 0 Å². The molecule has 1 amide bonds. The van der Waals surface area contributed by atoms with Crippen LogP contribution in [0.5, 0.6) is 0 Å². The number of anilines is 1. The molecule has 1 aromatic rings. The minimum atomic E-state index is -0.964. The quantitative estimate of drug-likeness (QED) is 0.812. The van der Waals surface area contributed by atoms with Crippen molar-refractivity contribution >= 4 is 27.8 Å². The Labute approximate surface area is 102 Å². The van der Waals surface area contributed by atoms with Crippen molar-refractivity contribution in [3.05, 3.63) is 22.8 Å². The van der Waals surface area contributed by atoms with Crippen LogP contribution in [0.15, 0.2) is 22.8 Å². The predicted molar refractivity (Wildman–Crippen MR) is 63.7 cm³/mol. The standard InChI is InChI=1S/C10H12BrN3O2/c11-8-2-1-3-9(13-8)14-5-4-7(6-14)12-10(15)16/h1-3,7,12H,4-6H2,(H,15,16)/t7-/m0/s1. The molecule has 1 fully saturated rings. The van der Waals surface area contributed by atoms with E-state index in [1.54, 1.807) is 0 Å². The summed E-state index contributed by atoms with van der Waals surface area (Å²) in [4.78, 5) is 16.9. The van der Waals surface area contributed by atoms with Crippen LogP contribution in [-0.4, -0.2) is 35.3 Å². The largest absolute Gasteiger partial charge is 0.465 e. The molecule has 1 saturated heterocycles. The van der Waals surface area contributed by atoms with Crippen LogP contribution in [0.25, 0.3) is 0 Å². The lowest BCUT2D eigenvalue weighted by Gasteiger charge is -2.17. The summed E-state index contributed by atoms with van der Waals surface area (Å²) in [5.41, 5.74) is 0. The lowest BCUT2D eigenvalue weighted by Crippen LogP contribution is -2.36. The molecule has 16 heavy (non-hydrogen) atoms. The molecular formula is C10H12BrN3O2. The lowest BCUT2D eigenvalue weighted by atomic mass is 10.3. The molecule has 0 bridgehead atoms. The first kappa shape index (κ1) is 11.2. The van der Waals surface area contributed by atoms with E-state index in [0.29, 0.717) is 6.54 Å². The second kappa shape index (κ2) is 4.69. The van der Waals surface area contributed by atoms with E-state index in [0.717, 1.165) is 23.4 Å². The van der Waals surface area contributed by atoms with Gasteiger partial charge in [-0.15, -0.1) is 0 Å². The van der Waals surface area contributed by atoms with Gasteiger partial charge in [0.15, 0.2) is 0 Å². The Hall–Kier alpha value is -1.30. The third kappa shape index (κ3) is 2.63. The smallest absolute Gasteiger partial charge is 0.404 e. The second-order valence-corrected chi connectivity index (χ2v) is 4.51. The molecule has 1 aliphatic heterocycles. The number of carboxylic acid groups (broad SMARTS) is 1.